The summed E-state index contributed by atoms with van der Waals surface area (Å²) in [4.78, 5) is 15.4. The number of halogens is 1. The monoisotopic (exact) mass is 333 g/mol. The number of nitrogens with one attached hydrogen (secondary N) is 1. The zero-order chi connectivity index (χ0) is 15.3. The van der Waals surface area contributed by atoms with Gasteiger partial charge in [-0.15, -0.1) is 12.4 Å². The summed E-state index contributed by atoms with van der Waals surface area (Å²) in [5, 5.41) is 4.38. The van der Waals surface area contributed by atoms with E-state index in [0.717, 1.165) is 28.7 Å². The van der Waals surface area contributed by atoms with Gasteiger partial charge in [-0.1, -0.05) is 18.2 Å². The summed E-state index contributed by atoms with van der Waals surface area (Å²) in [6, 6.07) is 8.47. The van der Waals surface area contributed by atoms with Gasteiger partial charge >= 0.3 is 0 Å². The van der Waals surface area contributed by atoms with E-state index >= 15 is 0 Å². The highest BCUT2D eigenvalue weighted by molar-refractivity contribution is 6.08. The van der Waals surface area contributed by atoms with Crippen LogP contribution in [0.2, 0.25) is 0 Å². The molecular weight excluding hydrogens is 310 g/mol. The lowest BCUT2D eigenvalue weighted by Crippen LogP contribution is -2.57. The molecule has 1 amide bonds. The molecule has 3 aliphatic heterocycles. The van der Waals surface area contributed by atoms with E-state index in [4.69, 9.17) is 0 Å². The van der Waals surface area contributed by atoms with E-state index in [2.05, 4.69) is 20.9 Å². The standard InChI is InChI=1S/C18H23N3O.ClH/c1-12-17(14-5-3-4-6-16(14)20(12)2)18(22)19-15-11-21-9-7-13(15)8-10-21;/h3-6,13,15H,7-11H2,1-2H3,(H,19,22);1H. The minimum Gasteiger partial charge on any atom is -0.348 e. The molecule has 1 unspecified atom stereocenters. The third kappa shape index (κ3) is 2.64. The van der Waals surface area contributed by atoms with E-state index in [0.29, 0.717) is 12.0 Å². The van der Waals surface area contributed by atoms with Gasteiger partial charge in [-0.25, -0.2) is 0 Å². The Morgan fingerprint density at radius 3 is 2.57 bits per heavy atom. The Morgan fingerprint density at radius 2 is 1.91 bits per heavy atom. The van der Waals surface area contributed by atoms with Crippen molar-refractivity contribution in [1.29, 1.82) is 0 Å². The Kier molecular flexibility index (Phi) is 4.39. The number of rotatable bonds is 2. The molecule has 4 nitrogen and oxygen atoms in total. The number of benzene rings is 1. The maximum Gasteiger partial charge on any atom is 0.254 e. The summed E-state index contributed by atoms with van der Waals surface area (Å²) in [5.41, 5.74) is 3.01. The van der Waals surface area contributed by atoms with Gasteiger partial charge in [-0.2, -0.15) is 0 Å². The van der Waals surface area contributed by atoms with E-state index in [1.54, 1.807) is 0 Å². The third-order valence-electron chi connectivity index (χ3n) is 5.60. The molecule has 1 N–H and O–H groups in total. The highest BCUT2D eigenvalue weighted by Gasteiger charge is 2.35. The van der Waals surface area contributed by atoms with Crippen LogP contribution in [-0.2, 0) is 7.05 Å². The van der Waals surface area contributed by atoms with Crippen LogP contribution in [0.4, 0.5) is 0 Å². The van der Waals surface area contributed by atoms with E-state index in [1.165, 1.54) is 25.9 Å². The van der Waals surface area contributed by atoms with Crippen molar-refractivity contribution in [3.8, 4) is 0 Å². The molecule has 3 fully saturated rings. The Bertz CT molecular complexity index is 731. The zero-order valence-electron chi connectivity index (χ0n) is 13.7. The lowest BCUT2D eigenvalue weighted by atomic mass is 9.84. The minimum atomic E-state index is 0. The van der Waals surface area contributed by atoms with Crippen LogP contribution in [0.3, 0.4) is 0 Å². The van der Waals surface area contributed by atoms with Crippen LogP contribution < -0.4 is 5.32 Å². The minimum absolute atomic E-state index is 0. The van der Waals surface area contributed by atoms with Gasteiger partial charge in [0.2, 0.25) is 0 Å². The summed E-state index contributed by atoms with van der Waals surface area (Å²) < 4.78 is 2.11. The second kappa shape index (κ2) is 6.17. The summed E-state index contributed by atoms with van der Waals surface area (Å²) in [6.45, 7) is 5.44. The van der Waals surface area contributed by atoms with Crippen LogP contribution >= 0.6 is 12.4 Å². The largest absolute Gasteiger partial charge is 0.348 e. The maximum atomic E-state index is 12.9. The molecule has 2 bridgehead atoms. The second-order valence-corrected chi connectivity index (χ2v) is 6.75. The van der Waals surface area contributed by atoms with Gasteiger partial charge in [0.05, 0.1) is 5.56 Å². The molecule has 0 saturated carbocycles. The number of hydrogen-bond acceptors (Lipinski definition) is 2. The van der Waals surface area contributed by atoms with E-state index in [9.17, 15) is 4.79 Å². The van der Waals surface area contributed by atoms with Crippen molar-refractivity contribution in [3.63, 3.8) is 0 Å². The second-order valence-electron chi connectivity index (χ2n) is 6.75. The smallest absolute Gasteiger partial charge is 0.254 e. The predicted molar refractivity (Wildman–Crippen MR) is 95.3 cm³/mol. The average Bonchev–Trinajstić information content (AvgIpc) is 2.80. The van der Waals surface area contributed by atoms with Crippen LogP contribution in [0.1, 0.15) is 28.9 Å². The number of fused-ring (bicyclic) bond motifs is 4. The number of carbonyl (C=O) groups is 1. The number of para-hydroxylation sites is 1. The fourth-order valence-corrected chi connectivity index (χ4v) is 4.18. The van der Waals surface area contributed by atoms with Crippen molar-refractivity contribution in [1.82, 2.24) is 14.8 Å². The highest BCUT2D eigenvalue weighted by Crippen LogP contribution is 2.29. The van der Waals surface area contributed by atoms with Crippen molar-refractivity contribution < 1.29 is 4.79 Å². The molecule has 2 aromatic rings. The summed E-state index contributed by atoms with van der Waals surface area (Å²) in [5.74, 6) is 0.747. The number of hydrogen-bond donors (Lipinski definition) is 1. The van der Waals surface area contributed by atoms with E-state index < -0.39 is 0 Å². The first-order valence-corrected chi connectivity index (χ1v) is 8.22. The number of aryl methyl sites for hydroxylation is 1. The topological polar surface area (TPSA) is 37.3 Å². The molecule has 23 heavy (non-hydrogen) atoms. The molecule has 1 aromatic heterocycles. The molecule has 1 atom stereocenters. The Labute approximate surface area is 143 Å². The zero-order valence-corrected chi connectivity index (χ0v) is 14.5. The molecule has 5 rings (SSSR count). The van der Waals surface area contributed by atoms with Crippen LogP contribution in [-0.4, -0.2) is 41.1 Å². The lowest BCUT2D eigenvalue weighted by Gasteiger charge is -2.44. The lowest BCUT2D eigenvalue weighted by molar-refractivity contribution is 0.0621. The van der Waals surface area contributed by atoms with Gasteiger partial charge < -0.3 is 14.8 Å². The van der Waals surface area contributed by atoms with Crippen molar-refractivity contribution in [3.05, 3.63) is 35.5 Å². The van der Waals surface area contributed by atoms with Gasteiger partial charge in [0.15, 0.2) is 0 Å². The normalized spacial score (nSPS) is 26.1. The summed E-state index contributed by atoms with van der Waals surface area (Å²) in [7, 11) is 2.03. The van der Waals surface area contributed by atoms with Gasteiger partial charge in [0.25, 0.3) is 5.91 Å². The summed E-state index contributed by atoms with van der Waals surface area (Å²) >= 11 is 0. The Balaban J connectivity index is 0.00000156. The number of piperidine rings is 3. The fourth-order valence-electron chi connectivity index (χ4n) is 4.18. The number of nitrogens with zero attached hydrogens (tertiary/aromatic N) is 2. The van der Waals surface area contributed by atoms with Crippen LogP contribution in [0.15, 0.2) is 24.3 Å². The number of amides is 1. The molecule has 124 valence electrons. The molecule has 1 aromatic carbocycles. The SMILES string of the molecule is Cc1c(C(=O)NC2CN3CCC2CC3)c2ccccc2n1C.Cl. The molecule has 0 aliphatic carbocycles. The van der Waals surface area contributed by atoms with Crippen LogP contribution in [0, 0.1) is 12.8 Å². The van der Waals surface area contributed by atoms with Gasteiger partial charge in [-0.3, -0.25) is 4.79 Å². The van der Waals surface area contributed by atoms with E-state index in [1.807, 2.05) is 32.2 Å². The number of aromatic nitrogens is 1. The van der Waals surface area contributed by atoms with Gasteiger partial charge in [-0.05, 0) is 44.8 Å². The predicted octanol–water partition coefficient (Wildman–Crippen LogP) is 2.73. The first-order chi connectivity index (χ1) is 10.6. The molecule has 0 spiro atoms. The fraction of sp³-hybridized carbons (Fsp3) is 0.500. The van der Waals surface area contributed by atoms with Gasteiger partial charge in [0.1, 0.15) is 0 Å². The highest BCUT2D eigenvalue weighted by atomic mass is 35.5. The molecule has 0 radical (unpaired) electrons. The molecular formula is C18H24ClN3O. The molecule has 4 heterocycles. The maximum absolute atomic E-state index is 12.9. The van der Waals surface area contributed by atoms with Gasteiger partial charge in [0, 0.05) is 36.2 Å². The van der Waals surface area contributed by atoms with Crippen LogP contribution in [0.25, 0.3) is 10.9 Å². The van der Waals surface area contributed by atoms with Crippen molar-refractivity contribution in [2.45, 2.75) is 25.8 Å². The molecule has 3 aliphatic rings. The first-order valence-electron chi connectivity index (χ1n) is 8.22. The van der Waals surface area contributed by atoms with Crippen molar-refractivity contribution >= 4 is 29.2 Å². The van der Waals surface area contributed by atoms with Crippen LogP contribution in [0.5, 0.6) is 0 Å². The first kappa shape index (κ1) is 16.3. The van der Waals surface area contributed by atoms with Crippen molar-refractivity contribution in [2.75, 3.05) is 19.6 Å². The van der Waals surface area contributed by atoms with Crippen molar-refractivity contribution in [2.24, 2.45) is 13.0 Å². The van der Waals surface area contributed by atoms with E-state index in [-0.39, 0.29) is 18.3 Å². The Morgan fingerprint density at radius 1 is 1.22 bits per heavy atom. The third-order valence-corrected chi connectivity index (χ3v) is 5.60. The quantitative estimate of drug-likeness (QED) is 0.917. The average molecular weight is 334 g/mol. The molecule has 5 heteroatoms. The Hall–Kier alpha value is -1.52. The molecule has 3 saturated heterocycles. The summed E-state index contributed by atoms with van der Waals surface area (Å²) in [6.07, 6.45) is 2.44. The number of carbonyl (C=O) groups excluding carboxylic acids is 1.